The third kappa shape index (κ3) is 4.58. The number of imide groups is 1. The average Bonchev–Trinajstić information content (AvgIpc) is 2.72. The average molecular weight is 484 g/mol. The summed E-state index contributed by atoms with van der Waals surface area (Å²) < 4.78 is 5.48. The van der Waals surface area contributed by atoms with Crippen molar-refractivity contribution in [1.82, 2.24) is 15.2 Å². The number of amides is 4. The number of nitrogens with zero attached hydrogens (tertiary/aromatic N) is 4. The Morgan fingerprint density at radius 2 is 1.91 bits per heavy atom. The first-order chi connectivity index (χ1) is 16.5. The molecule has 0 saturated carbocycles. The number of carbonyl (C=O) groups is 4. The van der Waals surface area contributed by atoms with Gasteiger partial charge in [-0.25, -0.2) is 9.78 Å². The molecule has 5 heterocycles. The predicted octanol–water partition coefficient (Wildman–Crippen LogP) is 1.86. The molecular weight excluding hydrogens is 450 g/mol. The molecule has 4 amide bonds. The Labute approximate surface area is 205 Å². The molecule has 4 aliphatic heterocycles. The van der Waals surface area contributed by atoms with Crippen molar-refractivity contribution < 1.29 is 23.9 Å². The van der Waals surface area contributed by atoms with Gasteiger partial charge in [-0.2, -0.15) is 0 Å². The second-order valence-electron chi connectivity index (χ2n) is 11.3. The fraction of sp³-hybridized carbons (Fsp3) is 0.640. The lowest BCUT2D eigenvalue weighted by atomic mass is 9.72. The topological polar surface area (TPSA) is 112 Å². The van der Waals surface area contributed by atoms with Gasteiger partial charge in [-0.3, -0.25) is 24.6 Å². The summed E-state index contributed by atoms with van der Waals surface area (Å²) in [7, 11) is 0. The summed E-state index contributed by atoms with van der Waals surface area (Å²) in [5.41, 5.74) is 1.76. The van der Waals surface area contributed by atoms with Crippen LogP contribution in [0.3, 0.4) is 0 Å². The quantitative estimate of drug-likeness (QED) is 0.653. The number of likely N-dealkylation sites (tertiary alicyclic amines) is 1. The molecule has 0 radical (unpaired) electrons. The van der Waals surface area contributed by atoms with Crippen molar-refractivity contribution in [3.05, 3.63) is 17.8 Å². The predicted molar refractivity (Wildman–Crippen MR) is 128 cm³/mol. The molecule has 5 rings (SSSR count). The third-order valence-corrected chi connectivity index (χ3v) is 7.25. The summed E-state index contributed by atoms with van der Waals surface area (Å²) in [6.45, 7) is 9.29. The number of hydrogen-bond acceptors (Lipinski definition) is 7. The SMILES string of the molecule is CC(C)(C)OC(=O)N1CC2(C1)CN(c1ccnc3c1CCCN3C(=O)CC1CCC(=O)NC1=O)C2. The van der Waals surface area contributed by atoms with E-state index in [1.54, 1.807) is 16.0 Å². The van der Waals surface area contributed by atoms with Gasteiger partial charge in [-0.15, -0.1) is 0 Å². The smallest absolute Gasteiger partial charge is 0.410 e. The van der Waals surface area contributed by atoms with Crippen molar-refractivity contribution in [2.75, 3.05) is 42.5 Å². The standard InChI is InChI=1S/C25H33N5O5/c1-24(2,3)35-23(34)29-14-25(15-29)12-28(13-25)18-8-9-26-21-17(18)5-4-10-30(21)20(32)11-16-6-7-19(31)27-22(16)33/h8-9,16H,4-7,10-15H2,1-3H3,(H,27,31,33). The number of ether oxygens (including phenoxy) is 1. The summed E-state index contributed by atoms with van der Waals surface area (Å²) in [5, 5.41) is 2.33. The molecular formula is C25H33N5O5. The first-order valence-electron chi connectivity index (χ1n) is 12.4. The molecule has 4 aliphatic rings. The Hall–Kier alpha value is -3.17. The van der Waals surface area contributed by atoms with Crippen LogP contribution in [0.4, 0.5) is 16.3 Å². The molecule has 3 fully saturated rings. The highest BCUT2D eigenvalue weighted by molar-refractivity contribution is 6.02. The monoisotopic (exact) mass is 483 g/mol. The van der Waals surface area contributed by atoms with Crippen LogP contribution in [0.25, 0.3) is 0 Å². The molecule has 10 nitrogen and oxygen atoms in total. The minimum Gasteiger partial charge on any atom is -0.444 e. The van der Waals surface area contributed by atoms with E-state index in [9.17, 15) is 19.2 Å². The van der Waals surface area contributed by atoms with Gasteiger partial charge in [0.05, 0.1) is 0 Å². The van der Waals surface area contributed by atoms with Crippen molar-refractivity contribution in [2.45, 2.75) is 58.5 Å². The number of pyridine rings is 1. The Bertz CT molecular complexity index is 1070. The lowest BCUT2D eigenvalue weighted by Crippen LogP contribution is -2.73. The number of rotatable bonds is 3. The van der Waals surface area contributed by atoms with Crippen LogP contribution in [0, 0.1) is 11.3 Å². The number of anilines is 2. The second kappa shape index (κ2) is 8.49. The number of aromatic nitrogens is 1. The fourth-order valence-electron chi connectivity index (χ4n) is 5.61. The van der Waals surface area contributed by atoms with E-state index in [-0.39, 0.29) is 42.1 Å². The summed E-state index contributed by atoms with van der Waals surface area (Å²) in [6.07, 6.45) is 3.91. The van der Waals surface area contributed by atoms with Gasteiger partial charge in [0, 0.05) is 74.3 Å². The van der Waals surface area contributed by atoms with Crippen LogP contribution in [0.15, 0.2) is 12.3 Å². The maximum atomic E-state index is 13.1. The van der Waals surface area contributed by atoms with Crippen LogP contribution in [0.2, 0.25) is 0 Å². The highest BCUT2D eigenvalue weighted by Crippen LogP contribution is 2.45. The van der Waals surface area contributed by atoms with Crippen LogP contribution < -0.4 is 15.1 Å². The van der Waals surface area contributed by atoms with Gasteiger partial charge in [-0.05, 0) is 46.1 Å². The third-order valence-electron chi connectivity index (χ3n) is 7.25. The fourth-order valence-corrected chi connectivity index (χ4v) is 5.61. The molecule has 1 N–H and O–H groups in total. The molecule has 10 heteroatoms. The number of nitrogens with one attached hydrogen (secondary N) is 1. The van der Waals surface area contributed by atoms with Gasteiger partial charge in [-0.1, -0.05) is 0 Å². The van der Waals surface area contributed by atoms with Gasteiger partial charge < -0.3 is 14.5 Å². The number of hydrogen-bond donors (Lipinski definition) is 1. The molecule has 1 aromatic rings. The van der Waals surface area contributed by atoms with E-state index in [1.807, 2.05) is 26.8 Å². The summed E-state index contributed by atoms with van der Waals surface area (Å²) in [6, 6.07) is 2.00. The highest BCUT2D eigenvalue weighted by atomic mass is 16.6. The Morgan fingerprint density at radius 3 is 2.60 bits per heavy atom. The van der Waals surface area contributed by atoms with E-state index >= 15 is 0 Å². The van der Waals surface area contributed by atoms with E-state index in [2.05, 4.69) is 15.2 Å². The van der Waals surface area contributed by atoms with Gasteiger partial charge >= 0.3 is 6.09 Å². The lowest BCUT2D eigenvalue weighted by molar-refractivity contribution is -0.138. The summed E-state index contributed by atoms with van der Waals surface area (Å²) in [4.78, 5) is 59.3. The highest BCUT2D eigenvalue weighted by Gasteiger charge is 2.54. The van der Waals surface area contributed by atoms with Gasteiger partial charge in [0.15, 0.2) is 0 Å². The van der Waals surface area contributed by atoms with Crippen LogP contribution in [-0.4, -0.2) is 72.0 Å². The molecule has 0 aliphatic carbocycles. The molecule has 188 valence electrons. The molecule has 1 unspecified atom stereocenters. The van der Waals surface area contributed by atoms with Crippen LogP contribution in [0.5, 0.6) is 0 Å². The van der Waals surface area contributed by atoms with E-state index in [1.165, 1.54) is 0 Å². The van der Waals surface area contributed by atoms with E-state index in [0.29, 0.717) is 31.9 Å². The van der Waals surface area contributed by atoms with Crippen LogP contribution in [0.1, 0.15) is 52.0 Å². The number of piperidine rings is 1. The molecule has 0 bridgehead atoms. The molecule has 1 atom stereocenters. The maximum absolute atomic E-state index is 13.1. The molecule has 0 aromatic carbocycles. The van der Waals surface area contributed by atoms with Crippen molar-refractivity contribution in [3.63, 3.8) is 0 Å². The van der Waals surface area contributed by atoms with Crippen molar-refractivity contribution >= 4 is 35.3 Å². The first kappa shape index (κ1) is 23.6. The number of fused-ring (bicyclic) bond motifs is 1. The van der Waals surface area contributed by atoms with E-state index < -0.39 is 11.5 Å². The van der Waals surface area contributed by atoms with Crippen molar-refractivity contribution in [1.29, 1.82) is 0 Å². The van der Waals surface area contributed by atoms with Gasteiger partial charge in [0.25, 0.3) is 0 Å². The van der Waals surface area contributed by atoms with Crippen molar-refractivity contribution in [3.8, 4) is 0 Å². The zero-order valence-electron chi connectivity index (χ0n) is 20.6. The Kier molecular flexibility index (Phi) is 5.72. The zero-order valence-corrected chi connectivity index (χ0v) is 20.6. The summed E-state index contributed by atoms with van der Waals surface area (Å²) >= 11 is 0. The van der Waals surface area contributed by atoms with Crippen molar-refractivity contribution in [2.24, 2.45) is 11.3 Å². The Balaban J connectivity index is 1.22. The molecule has 3 saturated heterocycles. The largest absolute Gasteiger partial charge is 0.444 e. The normalized spacial score (nSPS) is 23.3. The Morgan fingerprint density at radius 1 is 1.17 bits per heavy atom. The minimum atomic E-state index is -0.497. The first-order valence-corrected chi connectivity index (χ1v) is 12.4. The molecule has 35 heavy (non-hydrogen) atoms. The van der Waals surface area contributed by atoms with Gasteiger partial charge in [0.2, 0.25) is 17.7 Å². The molecule has 1 aromatic heterocycles. The molecule has 1 spiro atoms. The van der Waals surface area contributed by atoms with E-state index in [0.717, 1.165) is 37.2 Å². The summed E-state index contributed by atoms with van der Waals surface area (Å²) in [5.74, 6) is -0.564. The van der Waals surface area contributed by atoms with Gasteiger partial charge in [0.1, 0.15) is 11.4 Å². The van der Waals surface area contributed by atoms with Crippen LogP contribution >= 0.6 is 0 Å². The zero-order chi connectivity index (χ0) is 25.0. The number of carbonyl (C=O) groups excluding carboxylic acids is 4. The van der Waals surface area contributed by atoms with E-state index in [4.69, 9.17) is 4.74 Å². The van der Waals surface area contributed by atoms with Crippen LogP contribution in [-0.2, 0) is 25.5 Å². The minimum absolute atomic E-state index is 0.0811. The lowest BCUT2D eigenvalue weighted by Gasteiger charge is -2.60. The maximum Gasteiger partial charge on any atom is 0.410 e. The second-order valence-corrected chi connectivity index (χ2v) is 11.3.